The quantitative estimate of drug-likeness (QED) is 0.736. The van der Waals surface area contributed by atoms with Crippen molar-refractivity contribution >= 4 is 6.29 Å². The van der Waals surface area contributed by atoms with E-state index in [4.69, 9.17) is 4.42 Å². The maximum atomic E-state index is 10.4. The number of rotatable bonds is 4. The fraction of sp³-hybridized carbons (Fsp3) is 0.231. The lowest BCUT2D eigenvalue weighted by molar-refractivity contribution is 0.109. The molecule has 0 spiro atoms. The van der Waals surface area contributed by atoms with Crippen LogP contribution >= 0.6 is 0 Å². The SMILES string of the molecule is CCCc1ccc(-c2cnc(C=O)o2)cc1. The summed E-state index contributed by atoms with van der Waals surface area (Å²) in [6.07, 6.45) is 4.39. The van der Waals surface area contributed by atoms with Crippen molar-refractivity contribution in [3.8, 4) is 11.3 Å². The van der Waals surface area contributed by atoms with Crippen molar-refractivity contribution in [2.45, 2.75) is 19.8 Å². The first-order chi connectivity index (χ1) is 7.83. The van der Waals surface area contributed by atoms with Crippen LogP contribution in [-0.2, 0) is 6.42 Å². The van der Waals surface area contributed by atoms with Gasteiger partial charge in [-0.3, -0.25) is 4.79 Å². The summed E-state index contributed by atoms with van der Waals surface area (Å²) in [5.41, 5.74) is 2.25. The molecule has 0 saturated carbocycles. The van der Waals surface area contributed by atoms with Crippen molar-refractivity contribution in [1.82, 2.24) is 4.98 Å². The topological polar surface area (TPSA) is 43.1 Å². The predicted octanol–water partition coefficient (Wildman–Crippen LogP) is 3.11. The van der Waals surface area contributed by atoms with Crippen LogP contribution in [0.4, 0.5) is 0 Å². The van der Waals surface area contributed by atoms with E-state index < -0.39 is 0 Å². The number of aldehydes is 1. The molecule has 2 aromatic rings. The standard InChI is InChI=1S/C13H13NO2/c1-2-3-10-4-6-11(7-5-10)12-8-14-13(9-15)16-12/h4-9H,2-3H2,1H3. The highest BCUT2D eigenvalue weighted by molar-refractivity contribution is 5.69. The lowest BCUT2D eigenvalue weighted by atomic mass is 10.1. The number of carbonyl (C=O) groups excluding carboxylic acids is 1. The molecule has 1 aromatic carbocycles. The number of aromatic nitrogens is 1. The number of hydrogen-bond donors (Lipinski definition) is 0. The van der Waals surface area contributed by atoms with Gasteiger partial charge in [0.1, 0.15) is 0 Å². The Kier molecular flexibility index (Phi) is 3.15. The number of hydrogen-bond acceptors (Lipinski definition) is 3. The third-order valence-electron chi connectivity index (χ3n) is 2.40. The molecular formula is C13H13NO2. The van der Waals surface area contributed by atoms with Crippen LogP contribution in [0.3, 0.4) is 0 Å². The second-order valence-corrected chi connectivity index (χ2v) is 3.63. The van der Waals surface area contributed by atoms with E-state index in [1.807, 2.05) is 12.1 Å². The minimum absolute atomic E-state index is 0.118. The van der Waals surface area contributed by atoms with E-state index in [-0.39, 0.29) is 5.89 Å². The Labute approximate surface area is 94.1 Å². The Morgan fingerprint density at radius 2 is 2.06 bits per heavy atom. The zero-order chi connectivity index (χ0) is 11.4. The van der Waals surface area contributed by atoms with E-state index in [0.29, 0.717) is 12.0 Å². The van der Waals surface area contributed by atoms with Crippen molar-refractivity contribution in [3.63, 3.8) is 0 Å². The summed E-state index contributed by atoms with van der Waals surface area (Å²) < 4.78 is 5.24. The van der Waals surface area contributed by atoms with Crippen molar-refractivity contribution < 1.29 is 9.21 Å². The molecule has 0 saturated heterocycles. The normalized spacial score (nSPS) is 10.3. The van der Waals surface area contributed by atoms with Crippen molar-refractivity contribution in [1.29, 1.82) is 0 Å². The molecule has 0 atom stereocenters. The number of nitrogens with zero attached hydrogens (tertiary/aromatic N) is 1. The molecule has 0 N–H and O–H groups in total. The van der Waals surface area contributed by atoms with Gasteiger partial charge < -0.3 is 4.42 Å². The maximum Gasteiger partial charge on any atom is 0.260 e. The average molecular weight is 215 g/mol. The number of oxazole rings is 1. The summed E-state index contributed by atoms with van der Waals surface area (Å²) in [5.74, 6) is 0.748. The second-order valence-electron chi connectivity index (χ2n) is 3.63. The van der Waals surface area contributed by atoms with Crippen LogP contribution in [0.2, 0.25) is 0 Å². The molecule has 82 valence electrons. The Hall–Kier alpha value is -1.90. The van der Waals surface area contributed by atoms with E-state index >= 15 is 0 Å². The molecule has 2 rings (SSSR count). The third kappa shape index (κ3) is 2.19. The third-order valence-corrected chi connectivity index (χ3v) is 2.40. The lowest BCUT2D eigenvalue weighted by Crippen LogP contribution is -1.82. The first-order valence-electron chi connectivity index (χ1n) is 5.34. The summed E-state index contributed by atoms with van der Waals surface area (Å²) in [6.45, 7) is 2.15. The van der Waals surface area contributed by atoms with Gasteiger partial charge in [0.15, 0.2) is 5.76 Å². The summed E-state index contributed by atoms with van der Waals surface area (Å²) >= 11 is 0. The summed E-state index contributed by atoms with van der Waals surface area (Å²) in [6, 6.07) is 8.12. The lowest BCUT2D eigenvalue weighted by Gasteiger charge is -1.99. The van der Waals surface area contributed by atoms with Crippen molar-refractivity contribution in [3.05, 3.63) is 41.9 Å². The highest BCUT2D eigenvalue weighted by Gasteiger charge is 2.04. The first kappa shape index (κ1) is 10.6. The van der Waals surface area contributed by atoms with E-state index in [9.17, 15) is 4.79 Å². The molecule has 3 nitrogen and oxygen atoms in total. The van der Waals surface area contributed by atoms with Gasteiger partial charge in [-0.05, 0) is 12.0 Å². The van der Waals surface area contributed by atoms with Crippen LogP contribution in [0.1, 0.15) is 29.6 Å². The molecular weight excluding hydrogens is 202 g/mol. The molecule has 1 heterocycles. The van der Waals surface area contributed by atoms with Gasteiger partial charge in [-0.25, -0.2) is 4.98 Å². The largest absolute Gasteiger partial charge is 0.434 e. The molecule has 16 heavy (non-hydrogen) atoms. The predicted molar refractivity (Wildman–Crippen MR) is 61.3 cm³/mol. The zero-order valence-corrected chi connectivity index (χ0v) is 9.14. The average Bonchev–Trinajstić information content (AvgIpc) is 2.79. The second kappa shape index (κ2) is 4.75. The van der Waals surface area contributed by atoms with Gasteiger partial charge in [0.05, 0.1) is 6.20 Å². The van der Waals surface area contributed by atoms with Gasteiger partial charge in [-0.1, -0.05) is 37.6 Å². The van der Waals surface area contributed by atoms with Crippen LogP contribution in [0.25, 0.3) is 11.3 Å². The summed E-state index contributed by atoms with van der Waals surface area (Å²) in [7, 11) is 0. The number of benzene rings is 1. The molecule has 0 radical (unpaired) electrons. The van der Waals surface area contributed by atoms with Gasteiger partial charge >= 0.3 is 0 Å². The smallest absolute Gasteiger partial charge is 0.260 e. The minimum atomic E-state index is 0.118. The summed E-state index contributed by atoms with van der Waals surface area (Å²) in [5, 5.41) is 0. The molecule has 0 aliphatic heterocycles. The number of aryl methyl sites for hydroxylation is 1. The molecule has 3 heteroatoms. The van der Waals surface area contributed by atoms with Gasteiger partial charge in [0, 0.05) is 5.56 Å². The Morgan fingerprint density at radius 1 is 1.31 bits per heavy atom. The Balaban J connectivity index is 2.23. The van der Waals surface area contributed by atoms with Crippen LogP contribution in [-0.4, -0.2) is 11.3 Å². The number of carbonyl (C=O) groups is 1. The molecule has 0 aliphatic carbocycles. The van der Waals surface area contributed by atoms with E-state index in [0.717, 1.165) is 18.4 Å². The van der Waals surface area contributed by atoms with Crippen LogP contribution in [0.5, 0.6) is 0 Å². The molecule has 0 bridgehead atoms. The molecule has 0 fully saturated rings. The van der Waals surface area contributed by atoms with Crippen molar-refractivity contribution in [2.24, 2.45) is 0 Å². The van der Waals surface area contributed by atoms with Crippen LogP contribution in [0.15, 0.2) is 34.9 Å². The summed E-state index contributed by atoms with van der Waals surface area (Å²) in [4.78, 5) is 14.3. The fourth-order valence-corrected chi connectivity index (χ4v) is 1.60. The van der Waals surface area contributed by atoms with E-state index in [2.05, 4.69) is 24.0 Å². The van der Waals surface area contributed by atoms with Gasteiger partial charge in [-0.15, -0.1) is 0 Å². The highest BCUT2D eigenvalue weighted by Crippen LogP contribution is 2.20. The van der Waals surface area contributed by atoms with E-state index in [1.54, 1.807) is 6.20 Å². The monoisotopic (exact) mass is 215 g/mol. The first-order valence-corrected chi connectivity index (χ1v) is 5.34. The van der Waals surface area contributed by atoms with Crippen LogP contribution < -0.4 is 0 Å². The molecule has 0 unspecified atom stereocenters. The maximum absolute atomic E-state index is 10.4. The van der Waals surface area contributed by atoms with Gasteiger partial charge in [0.25, 0.3) is 5.89 Å². The minimum Gasteiger partial charge on any atom is -0.434 e. The van der Waals surface area contributed by atoms with E-state index in [1.165, 1.54) is 5.56 Å². The molecule has 0 amide bonds. The zero-order valence-electron chi connectivity index (χ0n) is 9.14. The van der Waals surface area contributed by atoms with Gasteiger partial charge in [-0.2, -0.15) is 0 Å². The van der Waals surface area contributed by atoms with Gasteiger partial charge in [0.2, 0.25) is 6.29 Å². The molecule has 1 aromatic heterocycles. The Bertz CT molecular complexity index is 471. The Morgan fingerprint density at radius 3 is 2.62 bits per heavy atom. The highest BCUT2D eigenvalue weighted by atomic mass is 16.4. The molecule has 0 aliphatic rings. The van der Waals surface area contributed by atoms with Crippen molar-refractivity contribution in [2.75, 3.05) is 0 Å². The fourth-order valence-electron chi connectivity index (χ4n) is 1.60. The van der Waals surface area contributed by atoms with Crippen LogP contribution in [0, 0.1) is 0 Å².